The molecule has 2 atom stereocenters. The molecule has 0 spiro atoms. The molecule has 100 valence electrons. The Balaban J connectivity index is 1.95. The van der Waals surface area contributed by atoms with Crippen molar-refractivity contribution in [3.8, 4) is 0 Å². The number of halogens is 2. The molecular formula is C13H14F2N3O+. The van der Waals surface area contributed by atoms with Gasteiger partial charge < -0.3 is 4.74 Å². The highest BCUT2D eigenvalue weighted by atomic mass is 19.1. The van der Waals surface area contributed by atoms with Crippen LogP contribution in [0.4, 0.5) is 8.78 Å². The van der Waals surface area contributed by atoms with Crippen molar-refractivity contribution < 1.29 is 18.1 Å². The van der Waals surface area contributed by atoms with Crippen LogP contribution in [0, 0.1) is 11.6 Å². The summed E-state index contributed by atoms with van der Waals surface area (Å²) in [5, 5.41) is 4.15. The summed E-state index contributed by atoms with van der Waals surface area (Å²) in [5.41, 5.74) is -0.379. The van der Waals surface area contributed by atoms with E-state index in [2.05, 4.69) is 5.10 Å². The lowest BCUT2D eigenvalue weighted by atomic mass is 9.95. The van der Waals surface area contributed by atoms with Crippen molar-refractivity contribution in [3.05, 3.63) is 48.1 Å². The third kappa shape index (κ3) is 2.02. The van der Waals surface area contributed by atoms with E-state index in [4.69, 9.17) is 4.74 Å². The van der Waals surface area contributed by atoms with E-state index in [9.17, 15) is 8.78 Å². The van der Waals surface area contributed by atoms with Crippen LogP contribution in [0.2, 0.25) is 0 Å². The quantitative estimate of drug-likeness (QED) is 0.620. The van der Waals surface area contributed by atoms with Crippen molar-refractivity contribution in [3.63, 3.8) is 0 Å². The minimum absolute atomic E-state index is 0.123. The molecule has 19 heavy (non-hydrogen) atoms. The van der Waals surface area contributed by atoms with E-state index in [0.29, 0.717) is 12.1 Å². The molecule has 1 aromatic carbocycles. The average Bonchev–Trinajstić information content (AvgIpc) is 2.78. The Kier molecular flexibility index (Phi) is 2.63. The van der Waals surface area contributed by atoms with Gasteiger partial charge in [0.15, 0.2) is 5.60 Å². The molecule has 0 saturated carbocycles. The first kappa shape index (κ1) is 12.2. The number of ether oxygens (including phenoxy) is 1. The third-order valence-electron chi connectivity index (χ3n) is 3.47. The van der Waals surface area contributed by atoms with Crippen molar-refractivity contribution in [2.75, 3.05) is 0 Å². The maximum atomic E-state index is 13.9. The molecule has 0 aliphatic carbocycles. The van der Waals surface area contributed by atoms with E-state index in [0.717, 1.165) is 6.07 Å². The molecule has 0 radical (unpaired) electrons. The van der Waals surface area contributed by atoms with E-state index >= 15 is 0 Å². The van der Waals surface area contributed by atoms with Crippen LogP contribution in [0.3, 0.4) is 0 Å². The standard InChI is InChI=1S/C13H14F2N3O/c1-9-13(19-9,6-18-8-17(2)7-16-18)11-4-3-10(14)5-12(11)15/h3-5,7-9H,6H2,1-2H3/q+1. The predicted molar refractivity (Wildman–Crippen MR) is 62.0 cm³/mol. The van der Waals surface area contributed by atoms with Gasteiger partial charge in [-0.2, -0.15) is 0 Å². The zero-order valence-electron chi connectivity index (χ0n) is 10.7. The molecule has 2 aromatic rings. The fraction of sp³-hybridized carbons (Fsp3) is 0.385. The maximum Gasteiger partial charge on any atom is 0.264 e. The minimum Gasteiger partial charge on any atom is -0.357 e. The lowest BCUT2D eigenvalue weighted by Gasteiger charge is -2.11. The Bertz CT molecular complexity index is 628. The minimum atomic E-state index is -0.753. The molecule has 1 aromatic heterocycles. The summed E-state index contributed by atoms with van der Waals surface area (Å²) < 4.78 is 36.0. The van der Waals surface area contributed by atoms with Gasteiger partial charge >= 0.3 is 0 Å². The molecule has 4 nitrogen and oxygen atoms in total. The fourth-order valence-electron chi connectivity index (χ4n) is 2.39. The highest BCUT2D eigenvalue weighted by Gasteiger charge is 2.58. The molecule has 1 saturated heterocycles. The number of aromatic nitrogens is 3. The molecule has 0 bridgehead atoms. The second-order valence-electron chi connectivity index (χ2n) is 4.88. The van der Waals surface area contributed by atoms with Gasteiger partial charge in [0.05, 0.1) is 13.2 Å². The lowest BCUT2D eigenvalue weighted by Crippen LogP contribution is -2.26. The Morgan fingerprint density at radius 2 is 2.21 bits per heavy atom. The van der Waals surface area contributed by atoms with Crippen LogP contribution in [0.25, 0.3) is 0 Å². The van der Waals surface area contributed by atoms with E-state index in [-0.39, 0.29) is 6.10 Å². The van der Waals surface area contributed by atoms with E-state index in [1.807, 2.05) is 14.0 Å². The summed E-state index contributed by atoms with van der Waals surface area (Å²) in [7, 11) is 1.85. The SMILES string of the molecule is CC1OC1(Cn1c[n+](C)cn1)c1ccc(F)cc1F. The van der Waals surface area contributed by atoms with Crippen LogP contribution in [-0.2, 0) is 23.9 Å². The number of epoxide rings is 1. The van der Waals surface area contributed by atoms with Gasteiger partial charge in [-0.05, 0) is 13.0 Å². The van der Waals surface area contributed by atoms with Gasteiger partial charge in [-0.3, -0.25) is 0 Å². The monoisotopic (exact) mass is 266 g/mol. The normalized spacial score (nSPS) is 25.6. The number of benzene rings is 1. The highest BCUT2D eigenvalue weighted by Crippen LogP contribution is 2.48. The first-order chi connectivity index (χ1) is 9.01. The second kappa shape index (κ2) is 4.09. The summed E-state index contributed by atoms with van der Waals surface area (Å²) in [6, 6.07) is 3.57. The van der Waals surface area contributed by atoms with Crippen molar-refractivity contribution in [1.29, 1.82) is 0 Å². The van der Waals surface area contributed by atoms with E-state index < -0.39 is 17.2 Å². The molecule has 2 unspecified atom stereocenters. The Morgan fingerprint density at radius 3 is 2.74 bits per heavy atom. The van der Waals surface area contributed by atoms with Gasteiger partial charge in [-0.25, -0.2) is 13.3 Å². The van der Waals surface area contributed by atoms with Crippen molar-refractivity contribution >= 4 is 0 Å². The van der Waals surface area contributed by atoms with Crippen LogP contribution in [0.15, 0.2) is 30.9 Å². The first-order valence-electron chi connectivity index (χ1n) is 6.02. The van der Waals surface area contributed by atoms with Gasteiger partial charge in [0.25, 0.3) is 6.33 Å². The molecule has 3 rings (SSSR count). The van der Waals surface area contributed by atoms with E-state index in [1.54, 1.807) is 21.9 Å². The first-order valence-corrected chi connectivity index (χ1v) is 6.02. The zero-order valence-corrected chi connectivity index (χ0v) is 10.7. The topological polar surface area (TPSA) is 34.2 Å². The van der Waals surface area contributed by atoms with Gasteiger partial charge in [-0.1, -0.05) is 6.07 Å². The smallest absolute Gasteiger partial charge is 0.264 e. The van der Waals surface area contributed by atoms with Crippen LogP contribution in [0.5, 0.6) is 0 Å². The molecule has 2 heterocycles. The zero-order chi connectivity index (χ0) is 13.6. The summed E-state index contributed by atoms with van der Waals surface area (Å²) in [4.78, 5) is 0. The number of hydrogen-bond acceptors (Lipinski definition) is 2. The largest absolute Gasteiger partial charge is 0.357 e. The Labute approximate surface area is 109 Å². The molecule has 6 heteroatoms. The molecule has 1 aliphatic heterocycles. The predicted octanol–water partition coefficient (Wildman–Crippen LogP) is 1.30. The number of rotatable bonds is 3. The fourth-order valence-corrected chi connectivity index (χ4v) is 2.39. The highest BCUT2D eigenvalue weighted by molar-refractivity contribution is 5.30. The molecular weight excluding hydrogens is 252 g/mol. The summed E-state index contributed by atoms with van der Waals surface area (Å²) in [6.07, 6.45) is 3.32. The van der Waals surface area contributed by atoms with Gasteiger partial charge in [0, 0.05) is 16.7 Å². The van der Waals surface area contributed by atoms with Crippen molar-refractivity contribution in [2.45, 2.75) is 25.2 Å². The molecule has 1 fully saturated rings. The number of aryl methyl sites for hydroxylation is 1. The van der Waals surface area contributed by atoms with Crippen LogP contribution in [0.1, 0.15) is 12.5 Å². The van der Waals surface area contributed by atoms with Gasteiger partial charge in [-0.15, -0.1) is 4.68 Å². The van der Waals surface area contributed by atoms with Gasteiger partial charge in [0.1, 0.15) is 18.2 Å². The second-order valence-corrected chi connectivity index (χ2v) is 4.88. The maximum absolute atomic E-state index is 13.9. The van der Waals surface area contributed by atoms with Crippen LogP contribution >= 0.6 is 0 Å². The molecule has 1 aliphatic rings. The van der Waals surface area contributed by atoms with Crippen molar-refractivity contribution in [1.82, 2.24) is 9.78 Å². The Morgan fingerprint density at radius 1 is 1.47 bits per heavy atom. The van der Waals surface area contributed by atoms with E-state index in [1.165, 1.54) is 12.1 Å². The Hall–Kier alpha value is -1.82. The molecule has 0 N–H and O–H groups in total. The van der Waals surface area contributed by atoms with Gasteiger partial charge in [0.2, 0.25) is 6.33 Å². The molecule has 0 amide bonds. The number of nitrogens with zero attached hydrogens (tertiary/aromatic N) is 3. The summed E-state index contributed by atoms with van der Waals surface area (Å²) in [5.74, 6) is -1.17. The summed E-state index contributed by atoms with van der Waals surface area (Å²) in [6.45, 7) is 2.27. The van der Waals surface area contributed by atoms with Crippen LogP contribution in [-0.4, -0.2) is 15.9 Å². The van der Waals surface area contributed by atoms with Crippen LogP contribution < -0.4 is 4.57 Å². The third-order valence-corrected chi connectivity index (χ3v) is 3.47. The lowest BCUT2D eigenvalue weighted by molar-refractivity contribution is -0.672. The van der Waals surface area contributed by atoms with Crippen molar-refractivity contribution in [2.24, 2.45) is 7.05 Å². The average molecular weight is 266 g/mol. The number of hydrogen-bond donors (Lipinski definition) is 0. The summed E-state index contributed by atoms with van der Waals surface area (Å²) >= 11 is 0.